The van der Waals surface area contributed by atoms with Gasteiger partial charge in [0.2, 0.25) is 0 Å². The first kappa shape index (κ1) is 32.6. The molecule has 0 nitrogen and oxygen atoms in total. The molecule has 45 heavy (non-hydrogen) atoms. The Morgan fingerprint density at radius 1 is 0.556 bits per heavy atom. The Balaban J connectivity index is 0.00000179. The van der Waals surface area contributed by atoms with E-state index in [1.54, 1.807) is 22.3 Å². The number of hydrogen-bond acceptors (Lipinski definition) is 0. The fraction of sp³-hybridized carbons (Fsp3) is 0.333. The van der Waals surface area contributed by atoms with Crippen molar-refractivity contribution in [2.45, 2.75) is 83.1 Å². The molecule has 1 saturated heterocycles. The van der Waals surface area contributed by atoms with E-state index in [2.05, 4.69) is 125 Å². The first-order valence-corrected chi connectivity index (χ1v) is 20.5. The molecular formula is C42H44Cl2Ti. The predicted molar refractivity (Wildman–Crippen MR) is 181 cm³/mol. The summed E-state index contributed by atoms with van der Waals surface area (Å²) < 4.78 is 3.33. The minimum Gasteiger partial charge on any atom is -1.00 e. The number of allylic oxidation sites excluding steroid dienone is 2. The van der Waals surface area contributed by atoms with Crippen LogP contribution in [0, 0.1) is 0 Å². The van der Waals surface area contributed by atoms with E-state index >= 15 is 0 Å². The molecule has 1 aliphatic heterocycles. The molecule has 4 aromatic rings. The van der Waals surface area contributed by atoms with Crippen LogP contribution in [0.15, 0.2) is 96.1 Å². The van der Waals surface area contributed by atoms with E-state index in [1.807, 2.05) is 0 Å². The second-order valence-electron chi connectivity index (χ2n) is 13.9. The molecule has 2 fully saturated rings. The molecule has 1 heterocycles. The quantitative estimate of drug-likeness (QED) is 0.219. The van der Waals surface area contributed by atoms with Gasteiger partial charge in [0.15, 0.2) is 0 Å². The third-order valence-electron chi connectivity index (χ3n) is 11.8. The smallest absolute Gasteiger partial charge is 1.00 e. The molecule has 0 spiro atoms. The molecule has 0 N–H and O–H groups in total. The number of rotatable bonds is 6. The summed E-state index contributed by atoms with van der Waals surface area (Å²) in [6.07, 6.45) is 13.2. The molecule has 0 bridgehead atoms. The molecule has 4 aromatic carbocycles. The van der Waals surface area contributed by atoms with Gasteiger partial charge < -0.3 is 24.8 Å². The second kappa shape index (κ2) is 12.7. The molecule has 4 atom stereocenters. The molecule has 230 valence electrons. The number of fused-ring (bicyclic) bond motifs is 3. The van der Waals surface area contributed by atoms with Crippen molar-refractivity contribution in [2.24, 2.45) is 0 Å². The van der Waals surface area contributed by atoms with Gasteiger partial charge in [-0.15, -0.1) is 0 Å². The Morgan fingerprint density at radius 3 is 1.33 bits per heavy atom. The van der Waals surface area contributed by atoms with Crippen LogP contribution in [-0.4, -0.2) is 0 Å². The van der Waals surface area contributed by atoms with Crippen LogP contribution in [-0.2, 0) is 29.4 Å². The van der Waals surface area contributed by atoms with Gasteiger partial charge in [-0.1, -0.05) is 0 Å². The van der Waals surface area contributed by atoms with Crippen LogP contribution in [0.5, 0.6) is 0 Å². The van der Waals surface area contributed by atoms with E-state index in [4.69, 9.17) is 0 Å². The normalized spacial score (nSPS) is 24.2. The largest absolute Gasteiger partial charge is 1.00 e. The van der Waals surface area contributed by atoms with Crippen molar-refractivity contribution in [3.8, 4) is 22.3 Å². The summed E-state index contributed by atoms with van der Waals surface area (Å²) in [4.78, 5) is 0. The van der Waals surface area contributed by atoms with Crippen molar-refractivity contribution in [3.05, 3.63) is 129 Å². The average Bonchev–Trinajstić information content (AvgIpc) is 3.35. The predicted octanol–water partition coefficient (Wildman–Crippen LogP) is 6.09. The molecule has 0 amide bonds. The summed E-state index contributed by atoms with van der Waals surface area (Å²) in [6.45, 7) is 9.48. The Morgan fingerprint density at radius 2 is 0.956 bits per heavy atom. The van der Waals surface area contributed by atoms with Crippen LogP contribution in [0.25, 0.3) is 34.4 Å². The Hall–Kier alpha value is -2.35. The van der Waals surface area contributed by atoms with Gasteiger partial charge in [0, 0.05) is 0 Å². The molecule has 8 rings (SSSR count). The fourth-order valence-electron chi connectivity index (χ4n) is 10.0. The van der Waals surface area contributed by atoms with E-state index in [9.17, 15) is 0 Å². The Labute approximate surface area is 286 Å². The van der Waals surface area contributed by atoms with Crippen LogP contribution in [0.3, 0.4) is 0 Å². The van der Waals surface area contributed by atoms with Gasteiger partial charge in [0.05, 0.1) is 0 Å². The monoisotopic (exact) mass is 666 g/mol. The Kier molecular flexibility index (Phi) is 9.19. The third kappa shape index (κ3) is 4.98. The summed E-state index contributed by atoms with van der Waals surface area (Å²) in [5.74, 6) is 0. The third-order valence-corrected chi connectivity index (χ3v) is 22.9. The maximum atomic E-state index is 2.61. The summed E-state index contributed by atoms with van der Waals surface area (Å²) >= 11 is -2.56. The van der Waals surface area contributed by atoms with Crippen LogP contribution in [0.4, 0.5) is 0 Å². The minimum absolute atomic E-state index is 0. The van der Waals surface area contributed by atoms with Crippen molar-refractivity contribution in [1.82, 2.24) is 0 Å². The van der Waals surface area contributed by atoms with Crippen molar-refractivity contribution >= 4 is 12.2 Å². The molecule has 4 aliphatic rings. The van der Waals surface area contributed by atoms with Crippen LogP contribution < -0.4 is 24.8 Å². The van der Waals surface area contributed by atoms with Gasteiger partial charge in [-0.3, -0.25) is 0 Å². The Bertz CT molecular complexity index is 1650. The number of aryl methyl sites for hydroxylation is 2. The first-order valence-electron chi connectivity index (χ1n) is 16.9. The first-order chi connectivity index (χ1) is 21.1. The topological polar surface area (TPSA) is 0 Å². The maximum Gasteiger partial charge on any atom is -1.00 e. The van der Waals surface area contributed by atoms with Crippen LogP contribution in [0.2, 0.25) is 8.45 Å². The number of hydrogen-bond donors (Lipinski definition) is 0. The van der Waals surface area contributed by atoms with Crippen LogP contribution in [0.1, 0.15) is 95.2 Å². The molecule has 3 heteroatoms. The van der Waals surface area contributed by atoms with E-state index in [1.165, 1.54) is 70.2 Å². The average molecular weight is 668 g/mol. The van der Waals surface area contributed by atoms with Gasteiger partial charge in [0.25, 0.3) is 0 Å². The number of halogens is 2. The van der Waals surface area contributed by atoms with E-state index in [0.717, 1.165) is 21.3 Å². The van der Waals surface area contributed by atoms with E-state index in [0.29, 0.717) is 8.45 Å². The van der Waals surface area contributed by atoms with Gasteiger partial charge in [0.1, 0.15) is 0 Å². The number of benzene rings is 4. The summed E-state index contributed by atoms with van der Waals surface area (Å²) in [6, 6.07) is 33.2. The van der Waals surface area contributed by atoms with Crippen LogP contribution >= 0.6 is 0 Å². The molecular weight excluding hydrogens is 623 g/mol. The zero-order valence-electron chi connectivity index (χ0n) is 27.0. The maximum absolute atomic E-state index is 2.61. The van der Waals surface area contributed by atoms with Crippen molar-refractivity contribution in [3.63, 3.8) is 0 Å². The van der Waals surface area contributed by atoms with E-state index < -0.39 is 16.6 Å². The minimum atomic E-state index is -2.56. The molecule has 4 unspecified atom stereocenters. The van der Waals surface area contributed by atoms with Crippen molar-refractivity contribution in [2.75, 3.05) is 0 Å². The zero-order chi connectivity index (χ0) is 29.3. The molecule has 3 aliphatic carbocycles. The molecule has 1 saturated carbocycles. The van der Waals surface area contributed by atoms with Gasteiger partial charge in [-0.25, -0.2) is 0 Å². The molecule has 0 aromatic heterocycles. The standard InChI is InChI=1S/2C18H17.C6H10.2ClH.Ti/c2*1-3-14-7-9-15(10-8-14)17-6-4-5-16-11-13(2)12-18(16)17;1-2-4-6-5-3-1;;;/h2*4-12H,3H2,1-2H3;1-2H,3-6H2;2*1H;/q;;;;;+2/p-2. The fourth-order valence-corrected chi connectivity index (χ4v) is 24.2. The SMILES string of the molecule is CCc1ccc(-c2cccc3c2C=C(C)[CH]3[Ti+2]2([CH]3C(C)=Cc4c(-c5ccc(CC)cc5)cccc43)[CH]3CCCC[CH]32)cc1.[Cl-].[Cl-]. The summed E-state index contributed by atoms with van der Waals surface area (Å²) in [7, 11) is 0. The molecule has 0 radical (unpaired) electrons. The van der Waals surface area contributed by atoms with Gasteiger partial charge in [-0.2, -0.15) is 0 Å². The zero-order valence-corrected chi connectivity index (χ0v) is 30.1. The second-order valence-corrected chi connectivity index (χ2v) is 21.1. The van der Waals surface area contributed by atoms with E-state index in [-0.39, 0.29) is 24.8 Å². The van der Waals surface area contributed by atoms with Crippen molar-refractivity contribution < 1.29 is 41.4 Å². The van der Waals surface area contributed by atoms with Crippen molar-refractivity contribution in [1.29, 1.82) is 0 Å². The summed E-state index contributed by atoms with van der Waals surface area (Å²) in [5.41, 5.74) is 18.1. The van der Waals surface area contributed by atoms with Gasteiger partial charge in [-0.05, 0) is 0 Å². The van der Waals surface area contributed by atoms with Gasteiger partial charge >= 0.3 is 264 Å². The summed E-state index contributed by atoms with van der Waals surface area (Å²) in [5, 5.41) is 0.